The molecule has 33 heavy (non-hydrogen) atoms. The number of piperidine rings is 1. The summed E-state index contributed by atoms with van der Waals surface area (Å²) in [6.45, 7) is 4.09. The number of nitrogens with zero attached hydrogens (tertiary/aromatic N) is 6. The van der Waals surface area contributed by atoms with E-state index < -0.39 is 23.9 Å². The zero-order chi connectivity index (χ0) is 23.8. The van der Waals surface area contributed by atoms with Gasteiger partial charge in [0.1, 0.15) is 11.1 Å². The van der Waals surface area contributed by atoms with Gasteiger partial charge in [0.2, 0.25) is 5.88 Å². The van der Waals surface area contributed by atoms with Crippen molar-refractivity contribution in [3.8, 4) is 11.7 Å². The quantitative estimate of drug-likeness (QED) is 0.558. The van der Waals surface area contributed by atoms with E-state index in [-0.39, 0.29) is 16.8 Å². The lowest BCUT2D eigenvalue weighted by molar-refractivity contribution is -0.137. The zero-order valence-electron chi connectivity index (χ0n) is 17.8. The van der Waals surface area contributed by atoms with Gasteiger partial charge in [-0.15, -0.1) is 4.80 Å². The molecule has 1 aliphatic rings. The highest BCUT2D eigenvalue weighted by Crippen LogP contribution is 2.34. The van der Waals surface area contributed by atoms with Gasteiger partial charge in [0.25, 0.3) is 5.91 Å². The van der Waals surface area contributed by atoms with Crippen LogP contribution >= 0.6 is 11.6 Å². The summed E-state index contributed by atoms with van der Waals surface area (Å²) in [5, 5.41) is 7.93. The van der Waals surface area contributed by atoms with Crippen molar-refractivity contribution in [1.29, 1.82) is 0 Å². The maximum atomic E-state index is 13.5. The Morgan fingerprint density at radius 3 is 2.64 bits per heavy atom. The fourth-order valence-corrected chi connectivity index (χ4v) is 3.92. The fraction of sp³-hybridized carbons (Fsp3) is 0.381. The van der Waals surface area contributed by atoms with Crippen molar-refractivity contribution >= 4 is 17.5 Å². The third-order valence-corrected chi connectivity index (χ3v) is 5.70. The highest BCUT2D eigenvalue weighted by molar-refractivity contribution is 6.31. The molecule has 0 aliphatic carbocycles. The van der Waals surface area contributed by atoms with Gasteiger partial charge < -0.3 is 9.64 Å². The number of aromatic nitrogens is 5. The number of aryl methyl sites for hydroxylation is 1. The molecule has 0 spiro atoms. The van der Waals surface area contributed by atoms with Crippen LogP contribution in [0.25, 0.3) is 5.82 Å². The molecule has 12 heteroatoms. The van der Waals surface area contributed by atoms with Crippen molar-refractivity contribution < 1.29 is 22.7 Å². The number of likely N-dealkylation sites (tertiary alicyclic amines) is 1. The number of halogens is 4. The van der Waals surface area contributed by atoms with Crippen LogP contribution in [0.1, 0.15) is 41.4 Å². The van der Waals surface area contributed by atoms with Gasteiger partial charge in [0.15, 0.2) is 5.82 Å². The predicted molar refractivity (Wildman–Crippen MR) is 112 cm³/mol. The number of hydrogen-bond acceptors (Lipinski definition) is 6. The van der Waals surface area contributed by atoms with E-state index in [1.807, 2.05) is 6.92 Å². The van der Waals surface area contributed by atoms with Gasteiger partial charge in [-0.2, -0.15) is 23.4 Å². The second kappa shape index (κ2) is 8.97. The summed E-state index contributed by atoms with van der Waals surface area (Å²) in [5.41, 5.74) is 0.0738. The number of carbonyl (C=O) groups is 1. The van der Waals surface area contributed by atoms with Crippen LogP contribution in [0.5, 0.6) is 5.88 Å². The van der Waals surface area contributed by atoms with E-state index in [0.29, 0.717) is 42.7 Å². The van der Waals surface area contributed by atoms with Crippen LogP contribution in [0.3, 0.4) is 0 Å². The maximum Gasteiger partial charge on any atom is 0.417 e. The summed E-state index contributed by atoms with van der Waals surface area (Å²) in [5.74, 6) is -0.0657. The van der Waals surface area contributed by atoms with Crippen LogP contribution < -0.4 is 4.74 Å². The first-order valence-corrected chi connectivity index (χ1v) is 10.6. The van der Waals surface area contributed by atoms with Crippen LogP contribution in [0, 0.1) is 6.92 Å². The van der Waals surface area contributed by atoms with Crippen molar-refractivity contribution in [2.24, 2.45) is 0 Å². The van der Waals surface area contributed by atoms with Gasteiger partial charge in [-0.05, 0) is 44.9 Å². The van der Waals surface area contributed by atoms with Gasteiger partial charge in [-0.1, -0.05) is 11.6 Å². The SMILES string of the molecule is Cc1ccc(C(=O)N2CCC[C@@H](Oc3ncc(C(F)(F)F)cc3Cl)[C@@H]2C)c(-n2nccn2)n1. The Labute approximate surface area is 192 Å². The lowest BCUT2D eigenvalue weighted by Gasteiger charge is -2.39. The molecule has 0 unspecified atom stereocenters. The van der Waals surface area contributed by atoms with Crippen LogP contribution in [0.4, 0.5) is 13.2 Å². The van der Waals surface area contributed by atoms with E-state index in [9.17, 15) is 18.0 Å². The van der Waals surface area contributed by atoms with E-state index in [0.717, 1.165) is 6.07 Å². The fourth-order valence-electron chi connectivity index (χ4n) is 3.70. The normalized spacial score (nSPS) is 18.9. The molecule has 174 valence electrons. The molecule has 1 aliphatic heterocycles. The molecular weight excluding hydrogens is 461 g/mol. The summed E-state index contributed by atoms with van der Waals surface area (Å²) < 4.78 is 44.5. The average Bonchev–Trinajstić information content (AvgIpc) is 3.30. The van der Waals surface area contributed by atoms with Gasteiger partial charge in [-0.3, -0.25) is 4.79 Å². The summed E-state index contributed by atoms with van der Waals surface area (Å²) in [6.07, 6.45) is -0.177. The Balaban J connectivity index is 1.56. The van der Waals surface area contributed by atoms with E-state index in [1.165, 1.54) is 17.2 Å². The van der Waals surface area contributed by atoms with Crippen molar-refractivity contribution in [1.82, 2.24) is 29.9 Å². The summed E-state index contributed by atoms with van der Waals surface area (Å²) in [4.78, 5) is 24.6. The van der Waals surface area contributed by atoms with Crippen LogP contribution in [-0.2, 0) is 6.18 Å². The molecule has 3 aromatic heterocycles. The van der Waals surface area contributed by atoms with Gasteiger partial charge in [0.05, 0.1) is 29.6 Å². The largest absolute Gasteiger partial charge is 0.471 e. The molecule has 0 N–H and O–H groups in total. The summed E-state index contributed by atoms with van der Waals surface area (Å²) in [6, 6.07) is 3.79. The number of ether oxygens (including phenoxy) is 1. The monoisotopic (exact) mass is 480 g/mol. The molecule has 0 aromatic carbocycles. The minimum absolute atomic E-state index is 0.103. The van der Waals surface area contributed by atoms with Crippen LogP contribution in [0.2, 0.25) is 5.02 Å². The van der Waals surface area contributed by atoms with Gasteiger partial charge >= 0.3 is 6.18 Å². The first kappa shape index (κ1) is 23.0. The van der Waals surface area contributed by atoms with E-state index in [1.54, 1.807) is 24.0 Å². The predicted octanol–water partition coefficient (Wildman–Crippen LogP) is 4.11. The average molecular weight is 481 g/mol. The van der Waals surface area contributed by atoms with E-state index >= 15 is 0 Å². The summed E-state index contributed by atoms with van der Waals surface area (Å²) >= 11 is 6.00. The van der Waals surface area contributed by atoms with Crippen molar-refractivity contribution in [2.75, 3.05) is 6.54 Å². The second-order valence-corrected chi connectivity index (χ2v) is 8.10. The van der Waals surface area contributed by atoms with E-state index in [4.69, 9.17) is 16.3 Å². The molecular formula is C21H20ClF3N6O2. The Kier molecular flexibility index (Phi) is 6.24. The number of amides is 1. The highest BCUT2D eigenvalue weighted by Gasteiger charge is 2.36. The number of rotatable bonds is 4. The zero-order valence-corrected chi connectivity index (χ0v) is 18.5. The molecule has 4 rings (SSSR count). The number of pyridine rings is 2. The first-order valence-electron chi connectivity index (χ1n) is 10.2. The minimum Gasteiger partial charge on any atom is -0.471 e. The van der Waals surface area contributed by atoms with Gasteiger partial charge in [0, 0.05) is 18.4 Å². The molecule has 3 aromatic rings. The number of hydrogen-bond donors (Lipinski definition) is 0. The Hall–Kier alpha value is -3.21. The third-order valence-electron chi connectivity index (χ3n) is 5.43. The minimum atomic E-state index is -4.56. The highest BCUT2D eigenvalue weighted by atomic mass is 35.5. The lowest BCUT2D eigenvalue weighted by atomic mass is 9.99. The Morgan fingerprint density at radius 2 is 1.97 bits per heavy atom. The number of carbonyl (C=O) groups excluding carboxylic acids is 1. The second-order valence-electron chi connectivity index (χ2n) is 7.69. The molecule has 0 bridgehead atoms. The lowest BCUT2D eigenvalue weighted by Crippen LogP contribution is -2.51. The Bertz CT molecular complexity index is 1160. The number of alkyl halides is 3. The molecule has 4 heterocycles. The molecule has 2 atom stereocenters. The molecule has 1 saturated heterocycles. The van der Waals surface area contributed by atoms with Crippen molar-refractivity contribution in [2.45, 2.75) is 45.0 Å². The maximum absolute atomic E-state index is 13.5. The van der Waals surface area contributed by atoms with E-state index in [2.05, 4.69) is 20.2 Å². The summed E-state index contributed by atoms with van der Waals surface area (Å²) in [7, 11) is 0. The topological polar surface area (TPSA) is 86.0 Å². The Morgan fingerprint density at radius 1 is 1.24 bits per heavy atom. The molecule has 1 fully saturated rings. The van der Waals surface area contributed by atoms with Crippen molar-refractivity contribution in [3.63, 3.8) is 0 Å². The molecule has 8 nitrogen and oxygen atoms in total. The van der Waals surface area contributed by atoms with Crippen LogP contribution in [0.15, 0.2) is 36.8 Å². The third kappa shape index (κ3) is 4.77. The molecule has 1 amide bonds. The van der Waals surface area contributed by atoms with Gasteiger partial charge in [-0.25, -0.2) is 9.97 Å². The first-order chi connectivity index (χ1) is 15.6. The molecule has 0 radical (unpaired) electrons. The smallest absolute Gasteiger partial charge is 0.417 e. The van der Waals surface area contributed by atoms with Crippen LogP contribution in [-0.4, -0.2) is 54.5 Å². The standard InChI is InChI=1S/C21H20ClF3N6O2/c1-12-5-6-15(18(29-12)31-27-7-8-28-31)20(32)30-9-3-4-17(13(30)2)33-19-16(22)10-14(11-26-19)21(23,24)25/h5-8,10-11,13,17H,3-4,9H2,1-2H3/t13-,17+/m0/s1. The molecule has 0 saturated carbocycles. The van der Waals surface area contributed by atoms with Crippen molar-refractivity contribution in [3.05, 3.63) is 58.6 Å².